The highest BCUT2D eigenvalue weighted by Crippen LogP contribution is 2.51. The zero-order valence-electron chi connectivity index (χ0n) is 41.9. The zero-order valence-corrected chi connectivity index (χ0v) is 25.9. The summed E-state index contributed by atoms with van der Waals surface area (Å²) in [5.74, 6) is -0.707. The molecular formula is C48H30O2. The molecule has 2 nitrogen and oxygen atoms in total. The summed E-state index contributed by atoms with van der Waals surface area (Å²) in [6, 6.07) is 12.8. The summed E-state index contributed by atoms with van der Waals surface area (Å²) in [5.41, 5.74) is -0.612. The van der Waals surface area contributed by atoms with E-state index in [1.54, 1.807) is 78.9 Å². The molecule has 9 aromatic carbocycles. The molecule has 0 fully saturated rings. The van der Waals surface area contributed by atoms with Gasteiger partial charge in [0.1, 0.15) is 16.9 Å². The van der Waals surface area contributed by atoms with Gasteiger partial charge in [0.2, 0.25) is 0 Å². The minimum absolute atomic E-state index is 0.00148. The Bertz CT molecular complexity index is 3760. The highest BCUT2D eigenvalue weighted by Gasteiger charge is 2.23. The van der Waals surface area contributed by atoms with E-state index < -0.39 is 108 Å². The fourth-order valence-electron chi connectivity index (χ4n) is 6.83. The fraction of sp³-hybridized carbons (Fsp3) is 0. The molecule has 2 heteroatoms. The van der Waals surface area contributed by atoms with Crippen molar-refractivity contribution in [2.45, 2.75) is 0 Å². The van der Waals surface area contributed by atoms with Crippen LogP contribution in [0.5, 0.6) is 5.75 Å². The van der Waals surface area contributed by atoms with E-state index >= 15 is 0 Å². The van der Waals surface area contributed by atoms with E-state index in [-0.39, 0.29) is 66.6 Å². The van der Waals surface area contributed by atoms with Crippen LogP contribution in [0.3, 0.4) is 0 Å². The van der Waals surface area contributed by atoms with E-state index in [0.29, 0.717) is 27.1 Å². The Morgan fingerprint density at radius 3 is 1.78 bits per heavy atom. The largest absolute Gasteiger partial charge is 0.507 e. The monoisotopic (exact) mass is 654 g/mol. The summed E-state index contributed by atoms with van der Waals surface area (Å²) in [7, 11) is 0. The molecule has 10 aromatic rings. The molecule has 0 aliphatic rings. The van der Waals surface area contributed by atoms with Crippen LogP contribution in [0.2, 0.25) is 0 Å². The third kappa shape index (κ3) is 4.29. The summed E-state index contributed by atoms with van der Waals surface area (Å²) in [5, 5.41) is 13.5. The fourth-order valence-corrected chi connectivity index (χ4v) is 6.83. The Balaban J connectivity index is 1.42. The van der Waals surface area contributed by atoms with Gasteiger partial charge in [-0.15, -0.1) is 0 Å². The maximum atomic E-state index is 12.6. The smallest absolute Gasteiger partial charge is 0.143 e. The van der Waals surface area contributed by atoms with Gasteiger partial charge in [-0.05, 0) is 78.9 Å². The number of phenols is 1. The van der Waals surface area contributed by atoms with Crippen molar-refractivity contribution in [3.8, 4) is 50.3 Å². The number of aromatic hydroxyl groups is 1. The van der Waals surface area contributed by atoms with Crippen LogP contribution in [0.15, 0.2) is 180 Å². The molecular weight excluding hydrogens is 609 g/mol. The summed E-state index contributed by atoms with van der Waals surface area (Å²) in [6.45, 7) is 0. The predicted molar refractivity (Wildman–Crippen MR) is 210 cm³/mol. The summed E-state index contributed by atoms with van der Waals surface area (Å²) >= 11 is 0. The van der Waals surface area contributed by atoms with E-state index in [2.05, 4.69) is 0 Å². The number of rotatable bonds is 4. The lowest BCUT2D eigenvalue weighted by Crippen LogP contribution is -1.93. The number of benzene rings is 9. The van der Waals surface area contributed by atoms with Crippen LogP contribution in [0.25, 0.3) is 98.8 Å². The predicted octanol–water partition coefficient (Wildman–Crippen LogP) is 13.4. The maximum absolute atomic E-state index is 12.6. The van der Waals surface area contributed by atoms with Crippen LogP contribution >= 0.6 is 0 Å². The van der Waals surface area contributed by atoms with Gasteiger partial charge in [-0.1, -0.05) is 151 Å². The summed E-state index contributed by atoms with van der Waals surface area (Å²) in [4.78, 5) is 0. The zero-order chi connectivity index (χ0) is 47.1. The second-order valence-electron chi connectivity index (χ2n) is 11.7. The SMILES string of the molecule is [2H]c1c([2H])c([2H])c(-c2c([2H])c(-c3ccccc3)c([2H])c(-c3c4ccccc4c(-c4c([2H])c([2H])c([2H])c5oc6c7c([2H])c([2H])c([2H])c([2H])c7c([2H])c([2H])c6c45)c4ccccc34)c2O)c([2H])c1[2H]. The molecule has 1 heterocycles. The first kappa shape index (κ1) is 16.6. The Kier molecular flexibility index (Phi) is 3.74. The number of hydrogen-bond acceptors (Lipinski definition) is 2. The van der Waals surface area contributed by atoms with E-state index in [4.69, 9.17) is 20.9 Å². The minimum Gasteiger partial charge on any atom is -0.507 e. The van der Waals surface area contributed by atoms with Gasteiger partial charge < -0.3 is 9.52 Å². The number of phenolic OH excluding ortho intramolecular Hbond substituents is 1. The average molecular weight is 655 g/mol. The Labute approximate surface area is 311 Å². The molecule has 0 spiro atoms. The molecule has 0 saturated carbocycles. The van der Waals surface area contributed by atoms with Gasteiger partial charge in [-0.3, -0.25) is 0 Å². The molecule has 0 saturated heterocycles. The van der Waals surface area contributed by atoms with E-state index in [1.807, 2.05) is 0 Å². The molecule has 0 radical (unpaired) electrons. The highest BCUT2D eigenvalue weighted by atomic mass is 16.3. The van der Waals surface area contributed by atoms with Gasteiger partial charge in [0.25, 0.3) is 0 Å². The van der Waals surface area contributed by atoms with Crippen molar-refractivity contribution >= 4 is 54.3 Å². The topological polar surface area (TPSA) is 33.4 Å². The normalized spacial score (nSPS) is 16.2. The van der Waals surface area contributed by atoms with Crippen molar-refractivity contribution in [2.24, 2.45) is 0 Å². The molecule has 234 valence electrons. The molecule has 1 N–H and O–H groups in total. The molecule has 0 aliphatic heterocycles. The second-order valence-corrected chi connectivity index (χ2v) is 11.7. The third-order valence-electron chi connectivity index (χ3n) is 8.97. The number of hydrogen-bond donors (Lipinski definition) is 1. The first-order valence-electron chi connectivity index (χ1n) is 23.7. The van der Waals surface area contributed by atoms with E-state index in [1.165, 1.54) is 0 Å². The standard InChI is InChI=1S/C48H30O2/c49-47-41(31-16-5-2-6-17-31)28-33(30-14-3-1-4-15-30)29-42(47)45-37-22-11-9-20-35(37)44(36-21-10-12-23-38(36)45)39-24-13-25-43-46(39)40-27-26-32-18-7-8-19-34(32)48(40)50-43/h1-29,49H/i2D,5D,6D,7D,8D,13D,16D,17D,18D,19D,24D,25D,26D,27D,28D,29D. The van der Waals surface area contributed by atoms with Gasteiger partial charge in [-0.25, -0.2) is 0 Å². The van der Waals surface area contributed by atoms with Crippen molar-refractivity contribution in [1.82, 2.24) is 0 Å². The van der Waals surface area contributed by atoms with Crippen LogP contribution in [-0.4, -0.2) is 5.11 Å². The Morgan fingerprint density at radius 1 is 0.440 bits per heavy atom. The molecule has 50 heavy (non-hydrogen) atoms. The first-order valence-corrected chi connectivity index (χ1v) is 15.7. The molecule has 10 rings (SSSR count). The van der Waals surface area contributed by atoms with Gasteiger partial charge in [0.15, 0.2) is 0 Å². The first-order chi connectivity index (χ1) is 31.4. The number of fused-ring (bicyclic) bond motifs is 7. The van der Waals surface area contributed by atoms with E-state index in [0.717, 1.165) is 0 Å². The van der Waals surface area contributed by atoms with Gasteiger partial charge in [0, 0.05) is 32.8 Å². The van der Waals surface area contributed by atoms with Crippen LogP contribution in [0.4, 0.5) is 0 Å². The molecule has 1 aromatic heterocycles. The molecule has 0 amide bonds. The lowest BCUT2D eigenvalue weighted by Gasteiger charge is -2.20. The number of furan rings is 1. The van der Waals surface area contributed by atoms with E-state index in [9.17, 15) is 10.6 Å². The van der Waals surface area contributed by atoms with Crippen molar-refractivity contribution in [1.29, 1.82) is 0 Å². The molecule has 0 atom stereocenters. The Hall–Kier alpha value is -6.64. The minimum atomic E-state index is -0.707. The lowest BCUT2D eigenvalue weighted by atomic mass is 9.83. The molecule has 0 aliphatic carbocycles. The van der Waals surface area contributed by atoms with Crippen LogP contribution in [0, 0.1) is 0 Å². The van der Waals surface area contributed by atoms with Gasteiger partial charge in [0.05, 0.1) is 21.9 Å². The Morgan fingerprint density at radius 2 is 1.06 bits per heavy atom. The second kappa shape index (κ2) is 11.2. The van der Waals surface area contributed by atoms with Crippen LogP contribution < -0.4 is 0 Å². The van der Waals surface area contributed by atoms with Crippen LogP contribution in [0.1, 0.15) is 21.9 Å². The van der Waals surface area contributed by atoms with Crippen molar-refractivity contribution in [3.05, 3.63) is 176 Å². The van der Waals surface area contributed by atoms with Crippen LogP contribution in [-0.2, 0) is 0 Å². The van der Waals surface area contributed by atoms with Crippen molar-refractivity contribution in [2.75, 3.05) is 0 Å². The third-order valence-corrected chi connectivity index (χ3v) is 8.97. The van der Waals surface area contributed by atoms with Gasteiger partial charge in [-0.2, -0.15) is 0 Å². The highest BCUT2D eigenvalue weighted by molar-refractivity contribution is 6.27. The molecule has 0 unspecified atom stereocenters. The summed E-state index contributed by atoms with van der Waals surface area (Å²) in [6.07, 6.45) is 0. The van der Waals surface area contributed by atoms with Gasteiger partial charge >= 0.3 is 0 Å². The maximum Gasteiger partial charge on any atom is 0.143 e. The quantitative estimate of drug-likeness (QED) is 0.192. The molecule has 0 bridgehead atoms. The lowest BCUT2D eigenvalue weighted by molar-refractivity contribution is 0.479. The van der Waals surface area contributed by atoms with Crippen molar-refractivity contribution < 1.29 is 31.5 Å². The summed E-state index contributed by atoms with van der Waals surface area (Å²) < 4.78 is 149. The van der Waals surface area contributed by atoms with Crippen molar-refractivity contribution in [3.63, 3.8) is 0 Å². The average Bonchev–Trinajstić information content (AvgIpc) is 3.71.